The van der Waals surface area contributed by atoms with Gasteiger partial charge in [-0.3, -0.25) is 4.79 Å². The Balaban J connectivity index is 2.85. The van der Waals surface area contributed by atoms with Crippen molar-refractivity contribution in [3.05, 3.63) is 18.2 Å². The number of carbonyl (C=O) groups is 1. The van der Waals surface area contributed by atoms with E-state index in [-0.39, 0.29) is 12.3 Å². The van der Waals surface area contributed by atoms with Gasteiger partial charge >= 0.3 is 0 Å². The Morgan fingerprint density at radius 3 is 2.60 bits per heavy atom. The molecule has 0 fully saturated rings. The van der Waals surface area contributed by atoms with Crippen LogP contribution >= 0.6 is 0 Å². The summed E-state index contributed by atoms with van der Waals surface area (Å²) in [6, 6.07) is 5.39. The Hall–Kier alpha value is -1.71. The van der Waals surface area contributed by atoms with Crippen LogP contribution < -0.4 is 14.8 Å². The minimum atomic E-state index is 0.0693. The molecule has 4 nitrogen and oxygen atoms in total. The third kappa shape index (κ3) is 3.16. The van der Waals surface area contributed by atoms with E-state index < -0.39 is 0 Å². The molecule has 1 rings (SSSR count). The fourth-order valence-corrected chi connectivity index (χ4v) is 1.17. The molecule has 0 saturated carbocycles. The highest BCUT2D eigenvalue weighted by atomic mass is 16.5. The van der Waals surface area contributed by atoms with Crippen molar-refractivity contribution in [2.24, 2.45) is 0 Å². The van der Waals surface area contributed by atoms with Gasteiger partial charge < -0.3 is 14.8 Å². The predicted molar refractivity (Wildman–Crippen MR) is 58.7 cm³/mol. The van der Waals surface area contributed by atoms with Gasteiger partial charge in [0.25, 0.3) is 0 Å². The zero-order valence-corrected chi connectivity index (χ0v) is 9.16. The van der Waals surface area contributed by atoms with Gasteiger partial charge in [0.2, 0.25) is 0 Å². The van der Waals surface area contributed by atoms with E-state index in [0.29, 0.717) is 5.75 Å². The van der Waals surface area contributed by atoms with E-state index in [1.165, 1.54) is 6.92 Å². The van der Waals surface area contributed by atoms with E-state index in [4.69, 9.17) is 9.47 Å². The lowest BCUT2D eigenvalue weighted by Crippen LogP contribution is -2.10. The lowest BCUT2D eigenvalue weighted by Gasteiger charge is -2.11. The molecule has 0 amide bonds. The number of Topliss-reactive ketones (excluding diaryl/α,β-unsaturated/α-hetero) is 1. The average molecular weight is 209 g/mol. The molecule has 0 radical (unpaired) electrons. The first kappa shape index (κ1) is 11.4. The molecule has 1 aromatic carbocycles. The number of hydrogen-bond donors (Lipinski definition) is 1. The quantitative estimate of drug-likeness (QED) is 0.801. The van der Waals surface area contributed by atoms with Gasteiger partial charge in [0, 0.05) is 6.07 Å². The average Bonchev–Trinajstić information content (AvgIpc) is 2.25. The Morgan fingerprint density at radius 2 is 2.07 bits per heavy atom. The second kappa shape index (κ2) is 5.24. The first-order valence-corrected chi connectivity index (χ1v) is 4.62. The van der Waals surface area contributed by atoms with Crippen LogP contribution in [0, 0.1) is 0 Å². The molecule has 0 unspecified atom stereocenters. The molecule has 15 heavy (non-hydrogen) atoms. The Kier molecular flexibility index (Phi) is 3.97. The summed E-state index contributed by atoms with van der Waals surface area (Å²) in [4.78, 5) is 10.8. The van der Waals surface area contributed by atoms with Gasteiger partial charge in [-0.2, -0.15) is 0 Å². The Labute approximate surface area is 89.2 Å². The van der Waals surface area contributed by atoms with Crippen LogP contribution in [0.4, 0.5) is 5.69 Å². The molecule has 0 aliphatic carbocycles. The normalized spacial score (nSPS) is 9.53. The van der Waals surface area contributed by atoms with E-state index in [0.717, 1.165) is 11.4 Å². The molecule has 1 N–H and O–H groups in total. The maximum atomic E-state index is 10.8. The fraction of sp³-hybridized carbons (Fsp3) is 0.364. The van der Waals surface area contributed by atoms with Crippen molar-refractivity contribution in [1.82, 2.24) is 0 Å². The fourth-order valence-electron chi connectivity index (χ4n) is 1.17. The molecule has 0 spiro atoms. The van der Waals surface area contributed by atoms with Crippen molar-refractivity contribution in [2.45, 2.75) is 6.92 Å². The summed E-state index contributed by atoms with van der Waals surface area (Å²) in [6.45, 7) is 1.81. The summed E-state index contributed by atoms with van der Waals surface area (Å²) >= 11 is 0. The minimum Gasteiger partial charge on any atom is -0.497 e. The van der Waals surface area contributed by atoms with E-state index >= 15 is 0 Å². The molecule has 4 heteroatoms. The number of methoxy groups -OCH3 is 2. The van der Waals surface area contributed by atoms with Gasteiger partial charge in [0.1, 0.15) is 17.3 Å². The monoisotopic (exact) mass is 209 g/mol. The summed E-state index contributed by atoms with van der Waals surface area (Å²) in [5.41, 5.74) is 0.757. The summed E-state index contributed by atoms with van der Waals surface area (Å²) in [5, 5.41) is 2.98. The molecular weight excluding hydrogens is 194 g/mol. The van der Waals surface area contributed by atoms with Crippen LogP contribution in [0.3, 0.4) is 0 Å². The topological polar surface area (TPSA) is 47.6 Å². The van der Waals surface area contributed by atoms with Crippen molar-refractivity contribution in [1.29, 1.82) is 0 Å². The highest BCUT2D eigenvalue weighted by molar-refractivity contribution is 5.81. The van der Waals surface area contributed by atoms with Gasteiger partial charge in [-0.15, -0.1) is 0 Å². The lowest BCUT2D eigenvalue weighted by molar-refractivity contribution is -0.115. The largest absolute Gasteiger partial charge is 0.497 e. The van der Waals surface area contributed by atoms with Crippen molar-refractivity contribution < 1.29 is 14.3 Å². The highest BCUT2D eigenvalue weighted by Gasteiger charge is 2.04. The summed E-state index contributed by atoms with van der Waals surface area (Å²) in [5.74, 6) is 1.48. The Bertz CT molecular complexity index is 350. The predicted octanol–water partition coefficient (Wildman–Crippen LogP) is 1.70. The lowest BCUT2D eigenvalue weighted by atomic mass is 10.2. The number of ketones is 1. The number of carbonyl (C=O) groups excluding carboxylic acids is 1. The van der Waals surface area contributed by atoms with Crippen LogP contribution in [-0.2, 0) is 4.79 Å². The van der Waals surface area contributed by atoms with Gasteiger partial charge in [0.15, 0.2) is 0 Å². The summed E-state index contributed by atoms with van der Waals surface area (Å²) < 4.78 is 10.2. The van der Waals surface area contributed by atoms with Gasteiger partial charge in [-0.1, -0.05) is 0 Å². The van der Waals surface area contributed by atoms with Crippen molar-refractivity contribution >= 4 is 11.5 Å². The maximum Gasteiger partial charge on any atom is 0.148 e. The van der Waals surface area contributed by atoms with E-state index in [2.05, 4.69) is 5.32 Å². The number of hydrogen-bond acceptors (Lipinski definition) is 4. The molecule has 0 bridgehead atoms. The van der Waals surface area contributed by atoms with Gasteiger partial charge in [0.05, 0.1) is 26.5 Å². The highest BCUT2D eigenvalue weighted by Crippen LogP contribution is 2.28. The third-order valence-electron chi connectivity index (χ3n) is 1.93. The first-order valence-electron chi connectivity index (χ1n) is 4.62. The van der Waals surface area contributed by atoms with E-state index in [1.807, 2.05) is 0 Å². The van der Waals surface area contributed by atoms with Gasteiger partial charge in [-0.25, -0.2) is 0 Å². The van der Waals surface area contributed by atoms with E-state index in [9.17, 15) is 4.79 Å². The van der Waals surface area contributed by atoms with Crippen LogP contribution in [0.1, 0.15) is 6.92 Å². The molecule has 0 atom stereocenters. The third-order valence-corrected chi connectivity index (χ3v) is 1.93. The SMILES string of the molecule is COc1ccc(OC)c(NCC(C)=O)c1. The first-order chi connectivity index (χ1) is 7.17. The van der Waals surface area contributed by atoms with Crippen molar-refractivity contribution in [2.75, 3.05) is 26.1 Å². The standard InChI is InChI=1S/C11H15NO3/c1-8(13)7-12-10-6-9(14-2)4-5-11(10)15-3/h4-6,12H,7H2,1-3H3. The molecule has 0 aromatic heterocycles. The number of rotatable bonds is 5. The molecule has 1 aromatic rings. The van der Waals surface area contributed by atoms with Crippen LogP contribution in [0.5, 0.6) is 11.5 Å². The Morgan fingerprint density at radius 1 is 1.33 bits per heavy atom. The number of anilines is 1. The smallest absolute Gasteiger partial charge is 0.148 e. The molecular formula is C11H15NO3. The molecule has 82 valence electrons. The second-order valence-corrected chi connectivity index (χ2v) is 3.12. The van der Waals surface area contributed by atoms with Crippen molar-refractivity contribution in [3.8, 4) is 11.5 Å². The van der Waals surface area contributed by atoms with Crippen LogP contribution in [-0.4, -0.2) is 26.5 Å². The van der Waals surface area contributed by atoms with Crippen molar-refractivity contribution in [3.63, 3.8) is 0 Å². The summed E-state index contributed by atoms with van der Waals surface area (Å²) in [7, 11) is 3.18. The minimum absolute atomic E-state index is 0.0693. The van der Waals surface area contributed by atoms with Crippen LogP contribution in [0.25, 0.3) is 0 Å². The van der Waals surface area contributed by atoms with E-state index in [1.54, 1.807) is 32.4 Å². The second-order valence-electron chi connectivity index (χ2n) is 3.12. The summed E-state index contributed by atoms with van der Waals surface area (Å²) in [6.07, 6.45) is 0. The molecule has 0 heterocycles. The molecule has 0 saturated heterocycles. The van der Waals surface area contributed by atoms with Crippen LogP contribution in [0.15, 0.2) is 18.2 Å². The number of ether oxygens (including phenoxy) is 2. The number of benzene rings is 1. The van der Waals surface area contributed by atoms with Crippen LogP contribution in [0.2, 0.25) is 0 Å². The zero-order valence-electron chi connectivity index (χ0n) is 9.16. The zero-order chi connectivity index (χ0) is 11.3. The van der Waals surface area contributed by atoms with Gasteiger partial charge in [-0.05, 0) is 19.1 Å². The molecule has 0 aliphatic rings. The number of nitrogens with one attached hydrogen (secondary N) is 1. The molecule has 0 aliphatic heterocycles. The maximum absolute atomic E-state index is 10.8.